The topological polar surface area (TPSA) is 34.5 Å². The molecule has 0 bridgehead atoms. The van der Waals surface area contributed by atoms with Crippen molar-refractivity contribution in [3.63, 3.8) is 0 Å². The molecule has 0 amide bonds. The molecule has 0 spiro atoms. The Bertz CT molecular complexity index is 55.9. The first-order chi connectivity index (χ1) is 2.97. The molecule has 2 nitrogen and oxygen atoms in total. The van der Waals surface area contributed by atoms with Crippen molar-refractivity contribution >= 4 is 0 Å². The van der Waals surface area contributed by atoms with E-state index in [0.29, 0.717) is 6.10 Å². The number of epoxide rings is 1. The first-order valence-corrected chi connectivity index (χ1v) is 2.32. The third-order valence-corrected chi connectivity index (χ3v) is 1.25. The van der Waals surface area contributed by atoms with Crippen LogP contribution in [0.1, 0.15) is 0 Å². The van der Waals surface area contributed by atoms with Gasteiger partial charge in [-0.3, -0.25) is 0 Å². The van der Waals surface area contributed by atoms with E-state index in [1.165, 1.54) is 6.54 Å². The molecule has 2 heteroatoms. The molecule has 6 heavy (non-hydrogen) atoms. The van der Waals surface area contributed by atoms with Crippen LogP contribution in [-0.4, -0.2) is 25.3 Å². The predicted octanol–water partition coefficient (Wildman–Crippen LogP) is -0.643. The van der Waals surface area contributed by atoms with Crippen molar-refractivity contribution in [2.45, 2.75) is 12.1 Å². The van der Waals surface area contributed by atoms with Gasteiger partial charge in [-0.05, 0) is 0 Å². The first kappa shape index (κ1) is 2.99. The van der Waals surface area contributed by atoms with Gasteiger partial charge in [0.2, 0.25) is 0 Å². The van der Waals surface area contributed by atoms with Crippen LogP contribution in [0.15, 0.2) is 0 Å². The molecular formula is C4H7NO. The Hall–Kier alpha value is -0.0800. The molecule has 2 unspecified atom stereocenters. The Morgan fingerprint density at radius 3 is 2.50 bits per heavy atom. The van der Waals surface area contributed by atoms with Gasteiger partial charge in [0.05, 0.1) is 12.7 Å². The van der Waals surface area contributed by atoms with Gasteiger partial charge in [-0.25, -0.2) is 0 Å². The summed E-state index contributed by atoms with van der Waals surface area (Å²) in [6.07, 6.45) is 0.602. The van der Waals surface area contributed by atoms with Gasteiger partial charge >= 0.3 is 0 Å². The summed E-state index contributed by atoms with van der Waals surface area (Å²) in [7, 11) is 0. The highest BCUT2D eigenvalue weighted by Gasteiger charge is 2.39. The predicted molar refractivity (Wildman–Crippen MR) is 21.5 cm³/mol. The van der Waals surface area contributed by atoms with Gasteiger partial charge in [0.15, 0.2) is 0 Å². The normalized spacial score (nSPS) is 52.0. The fourth-order valence-corrected chi connectivity index (χ4v) is 0.619. The van der Waals surface area contributed by atoms with Crippen molar-refractivity contribution in [3.8, 4) is 0 Å². The van der Waals surface area contributed by atoms with Gasteiger partial charge in [-0.2, -0.15) is 0 Å². The van der Waals surface area contributed by atoms with E-state index in [1.807, 2.05) is 0 Å². The summed E-state index contributed by atoms with van der Waals surface area (Å²) >= 11 is 0. The van der Waals surface area contributed by atoms with E-state index in [0.717, 1.165) is 12.6 Å². The highest BCUT2D eigenvalue weighted by Crippen LogP contribution is 2.18. The highest BCUT2D eigenvalue weighted by atomic mass is 16.6. The van der Waals surface area contributed by atoms with E-state index in [9.17, 15) is 0 Å². The minimum Gasteiger partial charge on any atom is -0.371 e. The molecule has 0 saturated carbocycles. The van der Waals surface area contributed by atoms with Crippen LogP contribution in [0.25, 0.3) is 0 Å². The monoisotopic (exact) mass is 85.1 g/mol. The lowest BCUT2D eigenvalue weighted by molar-refractivity contribution is 0.405. The second-order valence-corrected chi connectivity index (χ2v) is 1.89. The average Bonchev–Trinajstić information content (AvgIpc) is 2.26. The number of hydrogen-bond acceptors (Lipinski definition) is 2. The van der Waals surface area contributed by atoms with Crippen LogP contribution in [0.4, 0.5) is 0 Å². The Balaban J connectivity index is 1.92. The number of ether oxygens (including phenoxy) is 1. The van der Waals surface area contributed by atoms with Gasteiger partial charge in [0.25, 0.3) is 0 Å². The maximum atomic E-state index is 4.97. The Morgan fingerprint density at radius 2 is 2.33 bits per heavy atom. The van der Waals surface area contributed by atoms with Crippen molar-refractivity contribution in [2.24, 2.45) is 0 Å². The molecule has 2 aliphatic heterocycles. The van der Waals surface area contributed by atoms with Crippen molar-refractivity contribution in [1.29, 1.82) is 0 Å². The molecule has 1 N–H and O–H groups in total. The molecular weight excluding hydrogens is 78.0 g/mol. The van der Waals surface area contributed by atoms with Gasteiger partial charge in [-0.1, -0.05) is 0 Å². The lowest BCUT2D eigenvalue weighted by Crippen LogP contribution is -1.98. The quantitative estimate of drug-likeness (QED) is 0.430. The minimum atomic E-state index is 0.602. The molecule has 2 aliphatic rings. The average molecular weight is 85.1 g/mol. The number of rotatable bonds is 1. The van der Waals surface area contributed by atoms with Crippen LogP contribution < -0.4 is 5.32 Å². The lowest BCUT2D eigenvalue weighted by Gasteiger charge is -1.72. The van der Waals surface area contributed by atoms with Crippen LogP contribution in [0.5, 0.6) is 0 Å². The van der Waals surface area contributed by atoms with E-state index in [1.54, 1.807) is 0 Å². The molecule has 2 atom stereocenters. The Labute approximate surface area is 36.5 Å². The van der Waals surface area contributed by atoms with Crippen molar-refractivity contribution in [3.05, 3.63) is 0 Å². The van der Waals surface area contributed by atoms with E-state index >= 15 is 0 Å². The fraction of sp³-hybridized carbons (Fsp3) is 1.00. The molecule has 34 valence electrons. The van der Waals surface area contributed by atoms with Gasteiger partial charge in [0.1, 0.15) is 0 Å². The number of hydrogen-bond donors (Lipinski definition) is 1. The van der Waals surface area contributed by atoms with E-state index < -0.39 is 0 Å². The number of nitrogens with one attached hydrogen (secondary N) is 1. The zero-order valence-electron chi connectivity index (χ0n) is 3.48. The zero-order chi connectivity index (χ0) is 3.98. The Morgan fingerprint density at radius 1 is 1.67 bits per heavy atom. The molecule has 2 rings (SSSR count). The molecule has 2 heterocycles. The lowest BCUT2D eigenvalue weighted by atomic mass is 10.4. The van der Waals surface area contributed by atoms with Crippen LogP contribution in [0, 0.1) is 0 Å². The van der Waals surface area contributed by atoms with Crippen molar-refractivity contribution < 1.29 is 4.74 Å². The third-order valence-electron chi connectivity index (χ3n) is 1.25. The molecule has 0 aromatic heterocycles. The largest absolute Gasteiger partial charge is 0.371 e. The van der Waals surface area contributed by atoms with Crippen molar-refractivity contribution in [1.82, 2.24) is 5.32 Å². The van der Waals surface area contributed by atoms with Gasteiger partial charge < -0.3 is 10.1 Å². The third kappa shape index (κ3) is 0.340. The highest BCUT2D eigenvalue weighted by molar-refractivity contribution is 4.96. The second-order valence-electron chi connectivity index (χ2n) is 1.89. The summed E-state index contributed by atoms with van der Waals surface area (Å²) in [5, 5.41) is 3.17. The summed E-state index contributed by atoms with van der Waals surface area (Å²) < 4.78 is 4.97. The molecule has 2 fully saturated rings. The maximum absolute atomic E-state index is 4.97. The van der Waals surface area contributed by atoms with Crippen LogP contribution in [0.2, 0.25) is 0 Å². The zero-order valence-corrected chi connectivity index (χ0v) is 3.48. The standard InChI is InChI=1S/C4H7NO/c1-3(5-1)4-2-6-4/h3-5H,1-2H2. The van der Waals surface area contributed by atoms with Crippen LogP contribution >= 0.6 is 0 Å². The van der Waals surface area contributed by atoms with E-state index in [4.69, 9.17) is 4.74 Å². The minimum absolute atomic E-state index is 0.602. The summed E-state index contributed by atoms with van der Waals surface area (Å²) in [6, 6.07) is 0.741. The second kappa shape index (κ2) is 0.768. The first-order valence-electron chi connectivity index (χ1n) is 2.32. The molecule has 0 radical (unpaired) electrons. The van der Waals surface area contributed by atoms with Gasteiger partial charge in [0, 0.05) is 12.6 Å². The SMILES string of the molecule is C1NC1C1CO1. The van der Waals surface area contributed by atoms with Gasteiger partial charge in [-0.15, -0.1) is 0 Å². The summed E-state index contributed by atoms with van der Waals surface area (Å²) in [4.78, 5) is 0. The Kier molecular flexibility index (Phi) is 0.383. The van der Waals surface area contributed by atoms with Crippen LogP contribution in [-0.2, 0) is 4.74 Å². The summed E-state index contributed by atoms with van der Waals surface area (Å²) in [5.74, 6) is 0. The van der Waals surface area contributed by atoms with E-state index in [2.05, 4.69) is 5.32 Å². The molecule has 0 aromatic rings. The molecule has 0 aromatic carbocycles. The fourth-order valence-electron chi connectivity index (χ4n) is 0.619. The maximum Gasteiger partial charge on any atom is 0.0974 e. The summed E-state index contributed by atoms with van der Waals surface area (Å²) in [5.41, 5.74) is 0. The smallest absolute Gasteiger partial charge is 0.0974 e. The van der Waals surface area contributed by atoms with Crippen molar-refractivity contribution in [2.75, 3.05) is 13.2 Å². The molecule has 2 saturated heterocycles. The van der Waals surface area contributed by atoms with Crippen LogP contribution in [0.3, 0.4) is 0 Å². The van der Waals surface area contributed by atoms with E-state index in [-0.39, 0.29) is 0 Å². The summed E-state index contributed by atoms with van der Waals surface area (Å²) in [6.45, 7) is 2.18. The molecule has 0 aliphatic carbocycles.